The van der Waals surface area contributed by atoms with Crippen molar-refractivity contribution in [2.45, 2.75) is 13.8 Å². The lowest BCUT2D eigenvalue weighted by Gasteiger charge is -2.10. The summed E-state index contributed by atoms with van der Waals surface area (Å²) >= 11 is 6.17. The van der Waals surface area contributed by atoms with E-state index in [0.717, 1.165) is 11.3 Å². The number of carbonyl (C=O) groups is 1. The number of imidazole rings is 1. The lowest BCUT2D eigenvalue weighted by Crippen LogP contribution is -2.17. The van der Waals surface area contributed by atoms with Crippen LogP contribution in [0.1, 0.15) is 21.9 Å². The molecule has 0 fully saturated rings. The van der Waals surface area contributed by atoms with Gasteiger partial charge in [-0.1, -0.05) is 23.7 Å². The molecule has 0 atom stereocenters. The summed E-state index contributed by atoms with van der Waals surface area (Å²) in [7, 11) is 1.69. The fourth-order valence-electron chi connectivity index (χ4n) is 2.41. The minimum absolute atomic E-state index is 0.311. The topological polar surface area (TPSA) is 75.6 Å². The van der Waals surface area contributed by atoms with E-state index in [4.69, 9.17) is 11.6 Å². The van der Waals surface area contributed by atoms with Crippen LogP contribution in [0, 0.1) is 13.8 Å². The number of nitrogens with one attached hydrogen (secondary N) is 2. The molecule has 0 saturated carbocycles. The van der Waals surface area contributed by atoms with Crippen molar-refractivity contribution < 1.29 is 4.79 Å². The molecule has 0 aliphatic carbocycles. The van der Waals surface area contributed by atoms with E-state index in [1.165, 1.54) is 4.68 Å². The van der Waals surface area contributed by atoms with Crippen LogP contribution in [0.4, 0.5) is 5.69 Å². The van der Waals surface area contributed by atoms with Crippen LogP contribution in [-0.2, 0) is 7.05 Å². The van der Waals surface area contributed by atoms with Gasteiger partial charge in [0.25, 0.3) is 5.91 Å². The number of hydrogen-bond acceptors (Lipinski definition) is 3. The van der Waals surface area contributed by atoms with Crippen molar-refractivity contribution in [1.29, 1.82) is 0 Å². The molecule has 2 N–H and O–H groups in total. The Morgan fingerprint density at radius 1 is 1.30 bits per heavy atom. The van der Waals surface area contributed by atoms with Crippen LogP contribution in [0.2, 0.25) is 5.02 Å². The molecule has 3 aromatic rings. The first-order valence-electron chi connectivity index (χ1n) is 7.09. The summed E-state index contributed by atoms with van der Waals surface area (Å²) in [6.07, 6.45) is 1.75. The van der Waals surface area contributed by atoms with E-state index < -0.39 is 0 Å². The smallest absolute Gasteiger partial charge is 0.275 e. The molecule has 0 unspecified atom stereocenters. The van der Waals surface area contributed by atoms with Crippen molar-refractivity contribution in [2.24, 2.45) is 7.05 Å². The second-order valence-electron chi connectivity index (χ2n) is 5.29. The summed E-state index contributed by atoms with van der Waals surface area (Å²) in [5, 5.41) is 7.41. The summed E-state index contributed by atoms with van der Waals surface area (Å²) in [6.45, 7) is 3.69. The Hall–Kier alpha value is -2.60. The monoisotopic (exact) mass is 329 g/mol. The van der Waals surface area contributed by atoms with E-state index in [-0.39, 0.29) is 5.91 Å². The van der Waals surface area contributed by atoms with Gasteiger partial charge in [0.15, 0.2) is 0 Å². The zero-order valence-electron chi connectivity index (χ0n) is 13.0. The molecule has 23 heavy (non-hydrogen) atoms. The highest BCUT2D eigenvalue weighted by Gasteiger charge is 2.20. The van der Waals surface area contributed by atoms with Crippen LogP contribution in [0.5, 0.6) is 0 Å². The van der Waals surface area contributed by atoms with E-state index in [9.17, 15) is 4.79 Å². The maximum atomic E-state index is 12.6. The van der Waals surface area contributed by atoms with Gasteiger partial charge in [-0.15, -0.1) is 0 Å². The summed E-state index contributed by atoms with van der Waals surface area (Å²) in [5.41, 5.74) is 3.36. The Bertz CT molecular complexity index is 880. The molecule has 118 valence electrons. The van der Waals surface area contributed by atoms with Crippen LogP contribution in [-0.4, -0.2) is 25.7 Å². The quantitative estimate of drug-likeness (QED) is 0.773. The number of nitrogens with zero attached hydrogens (tertiary/aromatic N) is 3. The van der Waals surface area contributed by atoms with Gasteiger partial charge in [-0.25, -0.2) is 4.98 Å². The number of aryl methyl sites for hydroxylation is 3. The molecule has 1 amide bonds. The maximum Gasteiger partial charge on any atom is 0.275 e. The van der Waals surface area contributed by atoms with Gasteiger partial charge in [-0.3, -0.25) is 9.48 Å². The number of aromatic amines is 1. The predicted octanol–water partition coefficient (Wildman–Crippen LogP) is 3.33. The third-order valence-corrected chi connectivity index (χ3v) is 3.95. The van der Waals surface area contributed by atoms with Crippen LogP contribution in [0.15, 0.2) is 30.5 Å². The van der Waals surface area contributed by atoms with Crippen molar-refractivity contribution >= 4 is 23.2 Å². The molecule has 0 aliphatic heterocycles. The largest absolute Gasteiger partial charge is 0.342 e. The van der Waals surface area contributed by atoms with Gasteiger partial charge in [0, 0.05) is 24.5 Å². The van der Waals surface area contributed by atoms with Gasteiger partial charge in [0.05, 0.1) is 16.4 Å². The van der Waals surface area contributed by atoms with Crippen molar-refractivity contribution in [3.63, 3.8) is 0 Å². The molecular weight excluding hydrogens is 314 g/mol. The maximum absolute atomic E-state index is 12.6. The molecule has 0 bridgehead atoms. The third kappa shape index (κ3) is 2.85. The Morgan fingerprint density at radius 2 is 2.04 bits per heavy atom. The highest BCUT2D eigenvalue weighted by molar-refractivity contribution is 6.34. The number of amides is 1. The van der Waals surface area contributed by atoms with Crippen molar-refractivity contribution in [3.8, 4) is 11.4 Å². The first-order valence-corrected chi connectivity index (χ1v) is 7.46. The number of halogens is 1. The number of hydrogen-bond donors (Lipinski definition) is 2. The van der Waals surface area contributed by atoms with Crippen LogP contribution in [0.25, 0.3) is 11.4 Å². The number of benzene rings is 1. The summed E-state index contributed by atoms with van der Waals surface area (Å²) < 4.78 is 1.48. The molecule has 7 heteroatoms. The molecule has 2 aromatic heterocycles. The molecule has 2 heterocycles. The lowest BCUT2D eigenvalue weighted by molar-refractivity contribution is 0.101. The Kier molecular flexibility index (Phi) is 3.92. The zero-order chi connectivity index (χ0) is 16.6. The van der Waals surface area contributed by atoms with E-state index in [2.05, 4.69) is 20.4 Å². The fraction of sp³-hybridized carbons (Fsp3) is 0.188. The third-order valence-electron chi connectivity index (χ3n) is 3.50. The second kappa shape index (κ2) is 5.89. The molecule has 0 saturated heterocycles. The van der Waals surface area contributed by atoms with Crippen molar-refractivity contribution in [3.05, 3.63) is 52.6 Å². The number of anilines is 1. The fourth-order valence-corrected chi connectivity index (χ4v) is 2.65. The number of H-pyrrole nitrogens is 1. The van der Waals surface area contributed by atoms with E-state index in [1.54, 1.807) is 20.2 Å². The summed E-state index contributed by atoms with van der Waals surface area (Å²) in [6, 6.07) is 7.46. The van der Waals surface area contributed by atoms with E-state index >= 15 is 0 Å². The van der Waals surface area contributed by atoms with Gasteiger partial charge in [-0.05, 0) is 26.0 Å². The predicted molar refractivity (Wildman–Crippen MR) is 89.7 cm³/mol. The first-order chi connectivity index (χ1) is 11.0. The van der Waals surface area contributed by atoms with Gasteiger partial charge in [0.1, 0.15) is 11.5 Å². The molecule has 1 aromatic carbocycles. The summed E-state index contributed by atoms with van der Waals surface area (Å²) in [5.74, 6) is 0.388. The average Bonchev–Trinajstić information content (AvgIpc) is 3.04. The minimum atomic E-state index is -0.311. The number of aromatic nitrogens is 4. The Balaban J connectivity index is 1.96. The van der Waals surface area contributed by atoms with Crippen LogP contribution < -0.4 is 5.32 Å². The standard InChI is InChI=1S/C16H16ClN5O/c1-9-8-18-15(19-9)11-6-4-5-7-12(11)20-16(23)14-13(17)10(2)21-22(14)3/h4-8H,1-3H3,(H,18,19)(H,20,23). The number of carbonyl (C=O) groups excluding carboxylic acids is 1. The van der Waals surface area contributed by atoms with Crippen LogP contribution >= 0.6 is 11.6 Å². The number of rotatable bonds is 3. The average molecular weight is 330 g/mol. The zero-order valence-corrected chi connectivity index (χ0v) is 13.8. The molecule has 6 nitrogen and oxygen atoms in total. The Labute approximate surface area is 138 Å². The van der Waals surface area contributed by atoms with E-state index in [0.29, 0.717) is 27.9 Å². The van der Waals surface area contributed by atoms with Gasteiger partial charge in [0.2, 0.25) is 0 Å². The molecular formula is C16H16ClN5O. The lowest BCUT2D eigenvalue weighted by atomic mass is 10.1. The van der Waals surface area contributed by atoms with Crippen molar-refractivity contribution in [2.75, 3.05) is 5.32 Å². The number of para-hydroxylation sites is 1. The highest BCUT2D eigenvalue weighted by atomic mass is 35.5. The second-order valence-corrected chi connectivity index (χ2v) is 5.66. The molecule has 0 spiro atoms. The normalized spacial score (nSPS) is 10.8. The highest BCUT2D eigenvalue weighted by Crippen LogP contribution is 2.27. The molecule has 0 aliphatic rings. The van der Waals surface area contributed by atoms with Gasteiger partial charge in [-0.2, -0.15) is 5.10 Å². The minimum Gasteiger partial charge on any atom is -0.342 e. The molecule has 0 radical (unpaired) electrons. The summed E-state index contributed by atoms with van der Waals surface area (Å²) in [4.78, 5) is 20.1. The van der Waals surface area contributed by atoms with E-state index in [1.807, 2.05) is 31.2 Å². The van der Waals surface area contributed by atoms with Crippen molar-refractivity contribution in [1.82, 2.24) is 19.7 Å². The van der Waals surface area contributed by atoms with Crippen LogP contribution in [0.3, 0.4) is 0 Å². The SMILES string of the molecule is Cc1cnc(-c2ccccc2NC(=O)c2c(Cl)c(C)nn2C)[nH]1. The molecule has 3 rings (SSSR count). The van der Waals surface area contributed by atoms with Gasteiger partial charge < -0.3 is 10.3 Å². The Morgan fingerprint density at radius 3 is 2.65 bits per heavy atom. The first kappa shape index (κ1) is 15.3. The van der Waals surface area contributed by atoms with Gasteiger partial charge >= 0.3 is 0 Å².